The van der Waals surface area contributed by atoms with Crippen LogP contribution in [0.4, 0.5) is 8.78 Å². The van der Waals surface area contributed by atoms with E-state index in [2.05, 4.69) is 11.9 Å². The molecule has 0 aliphatic heterocycles. The molecule has 0 saturated carbocycles. The molecule has 1 atom stereocenters. The van der Waals surface area contributed by atoms with Gasteiger partial charge in [0.25, 0.3) is 0 Å². The highest BCUT2D eigenvalue weighted by molar-refractivity contribution is 5.78. The number of amides is 1. The summed E-state index contributed by atoms with van der Waals surface area (Å²) in [6.45, 7) is 5.83. The van der Waals surface area contributed by atoms with Crippen molar-refractivity contribution in [3.05, 3.63) is 48.1 Å². The molecular weight excluding hydrogens is 250 g/mol. The van der Waals surface area contributed by atoms with E-state index in [0.29, 0.717) is 6.54 Å². The molecule has 0 heterocycles. The molecule has 5 heteroatoms. The SMILES string of the molecule is C=CCNCC(=O)N(C)C(C)c1cc(F)ccc1F. The molecule has 0 aliphatic carbocycles. The van der Waals surface area contributed by atoms with Crippen LogP contribution in [-0.4, -0.2) is 30.9 Å². The molecule has 0 fully saturated rings. The largest absolute Gasteiger partial charge is 0.338 e. The molecule has 104 valence electrons. The Bertz CT molecular complexity index is 463. The van der Waals surface area contributed by atoms with Crippen molar-refractivity contribution >= 4 is 5.91 Å². The van der Waals surface area contributed by atoms with Crippen LogP contribution >= 0.6 is 0 Å². The van der Waals surface area contributed by atoms with E-state index in [1.54, 1.807) is 20.0 Å². The standard InChI is InChI=1S/C14H18F2N2O/c1-4-7-17-9-14(19)18(3)10(2)12-8-11(15)5-6-13(12)16/h4-6,8,10,17H,1,7,9H2,2-3H3. The first-order valence-corrected chi connectivity index (χ1v) is 5.99. The number of nitrogens with zero attached hydrogens (tertiary/aromatic N) is 1. The maximum Gasteiger partial charge on any atom is 0.236 e. The Labute approximate surface area is 111 Å². The quantitative estimate of drug-likeness (QED) is 0.634. The number of hydrogen-bond acceptors (Lipinski definition) is 2. The molecule has 19 heavy (non-hydrogen) atoms. The molecule has 0 saturated heterocycles. The molecule has 0 radical (unpaired) electrons. The fraction of sp³-hybridized carbons (Fsp3) is 0.357. The smallest absolute Gasteiger partial charge is 0.236 e. The second kappa shape index (κ2) is 6.99. The molecule has 1 aromatic carbocycles. The van der Waals surface area contributed by atoms with Crippen LogP contribution in [-0.2, 0) is 4.79 Å². The van der Waals surface area contributed by atoms with Crippen molar-refractivity contribution in [1.29, 1.82) is 0 Å². The van der Waals surface area contributed by atoms with E-state index in [1.807, 2.05) is 0 Å². The van der Waals surface area contributed by atoms with E-state index in [0.717, 1.165) is 18.2 Å². The van der Waals surface area contributed by atoms with Gasteiger partial charge in [-0.15, -0.1) is 6.58 Å². The number of hydrogen-bond donors (Lipinski definition) is 1. The summed E-state index contributed by atoms with van der Waals surface area (Å²) in [7, 11) is 1.56. The van der Waals surface area contributed by atoms with Crippen LogP contribution in [0.2, 0.25) is 0 Å². The second-order valence-electron chi connectivity index (χ2n) is 4.27. The predicted octanol–water partition coefficient (Wildman–Crippen LogP) is 2.26. The number of carbonyl (C=O) groups excluding carboxylic acids is 1. The minimum atomic E-state index is -0.534. The molecule has 1 rings (SSSR count). The van der Waals surface area contributed by atoms with E-state index in [1.165, 1.54) is 4.90 Å². The van der Waals surface area contributed by atoms with Gasteiger partial charge in [-0.3, -0.25) is 4.79 Å². The number of nitrogens with one attached hydrogen (secondary N) is 1. The third-order valence-electron chi connectivity index (χ3n) is 2.95. The number of likely N-dealkylation sites (N-methyl/N-ethyl adjacent to an activating group) is 1. The van der Waals surface area contributed by atoms with Crippen molar-refractivity contribution in [2.75, 3.05) is 20.1 Å². The monoisotopic (exact) mass is 268 g/mol. The topological polar surface area (TPSA) is 32.3 Å². The molecule has 1 unspecified atom stereocenters. The minimum Gasteiger partial charge on any atom is -0.338 e. The van der Waals surface area contributed by atoms with Gasteiger partial charge in [0.15, 0.2) is 0 Å². The normalized spacial score (nSPS) is 12.0. The Balaban J connectivity index is 2.75. The van der Waals surface area contributed by atoms with Crippen molar-refractivity contribution in [3.8, 4) is 0 Å². The highest BCUT2D eigenvalue weighted by Crippen LogP contribution is 2.22. The van der Waals surface area contributed by atoms with Gasteiger partial charge >= 0.3 is 0 Å². The highest BCUT2D eigenvalue weighted by atomic mass is 19.1. The van der Waals surface area contributed by atoms with E-state index in [9.17, 15) is 13.6 Å². The summed E-state index contributed by atoms with van der Waals surface area (Å²) in [6.07, 6.45) is 1.64. The molecule has 3 nitrogen and oxygen atoms in total. The first kappa shape index (κ1) is 15.3. The van der Waals surface area contributed by atoms with Crippen LogP contribution in [0.15, 0.2) is 30.9 Å². The Hall–Kier alpha value is -1.75. The van der Waals surface area contributed by atoms with E-state index in [4.69, 9.17) is 0 Å². The van der Waals surface area contributed by atoms with Crippen molar-refractivity contribution in [3.63, 3.8) is 0 Å². The van der Waals surface area contributed by atoms with Gasteiger partial charge in [-0.25, -0.2) is 8.78 Å². The first-order valence-electron chi connectivity index (χ1n) is 5.99. The summed E-state index contributed by atoms with van der Waals surface area (Å²) in [6, 6.07) is 2.70. The molecule has 0 spiro atoms. The molecule has 0 aromatic heterocycles. The molecular formula is C14H18F2N2O. The van der Waals surface area contributed by atoms with E-state index in [-0.39, 0.29) is 18.0 Å². The van der Waals surface area contributed by atoms with Crippen LogP contribution in [0.1, 0.15) is 18.5 Å². The van der Waals surface area contributed by atoms with Gasteiger partial charge in [-0.05, 0) is 25.1 Å². The van der Waals surface area contributed by atoms with Crippen LogP contribution in [0.5, 0.6) is 0 Å². The number of benzene rings is 1. The Morgan fingerprint density at radius 2 is 2.21 bits per heavy atom. The zero-order valence-corrected chi connectivity index (χ0v) is 11.1. The lowest BCUT2D eigenvalue weighted by Crippen LogP contribution is -2.37. The summed E-state index contributed by atoms with van der Waals surface area (Å²) in [5, 5.41) is 2.87. The summed E-state index contributed by atoms with van der Waals surface area (Å²) >= 11 is 0. The van der Waals surface area contributed by atoms with Gasteiger partial charge in [-0.1, -0.05) is 6.08 Å². The summed E-state index contributed by atoms with van der Waals surface area (Å²) < 4.78 is 26.7. The van der Waals surface area contributed by atoms with Gasteiger partial charge in [0.2, 0.25) is 5.91 Å². The lowest BCUT2D eigenvalue weighted by atomic mass is 10.1. The Morgan fingerprint density at radius 3 is 2.84 bits per heavy atom. The average molecular weight is 268 g/mol. The highest BCUT2D eigenvalue weighted by Gasteiger charge is 2.20. The van der Waals surface area contributed by atoms with Crippen molar-refractivity contribution in [1.82, 2.24) is 10.2 Å². The number of halogens is 2. The third kappa shape index (κ3) is 4.13. The fourth-order valence-electron chi connectivity index (χ4n) is 1.67. The average Bonchev–Trinajstić information content (AvgIpc) is 2.40. The first-order chi connectivity index (χ1) is 8.97. The van der Waals surface area contributed by atoms with Crippen LogP contribution in [0.3, 0.4) is 0 Å². The predicted molar refractivity (Wildman–Crippen MR) is 70.6 cm³/mol. The zero-order chi connectivity index (χ0) is 14.4. The molecule has 0 bridgehead atoms. The fourth-order valence-corrected chi connectivity index (χ4v) is 1.67. The van der Waals surface area contributed by atoms with Crippen molar-refractivity contribution in [2.45, 2.75) is 13.0 Å². The van der Waals surface area contributed by atoms with Crippen molar-refractivity contribution in [2.24, 2.45) is 0 Å². The van der Waals surface area contributed by atoms with Crippen molar-refractivity contribution < 1.29 is 13.6 Å². The second-order valence-corrected chi connectivity index (χ2v) is 4.27. The lowest BCUT2D eigenvalue weighted by molar-refractivity contribution is -0.130. The zero-order valence-electron chi connectivity index (χ0n) is 11.1. The maximum absolute atomic E-state index is 13.6. The Morgan fingerprint density at radius 1 is 1.53 bits per heavy atom. The van der Waals surface area contributed by atoms with E-state index < -0.39 is 17.7 Å². The molecule has 1 amide bonds. The van der Waals surface area contributed by atoms with Crippen LogP contribution < -0.4 is 5.32 Å². The third-order valence-corrected chi connectivity index (χ3v) is 2.95. The number of rotatable bonds is 6. The summed E-state index contributed by atoms with van der Waals surface area (Å²) in [5.41, 5.74) is 0.166. The summed E-state index contributed by atoms with van der Waals surface area (Å²) in [4.78, 5) is 13.2. The molecule has 1 aromatic rings. The van der Waals surface area contributed by atoms with Gasteiger partial charge in [0.05, 0.1) is 12.6 Å². The van der Waals surface area contributed by atoms with E-state index >= 15 is 0 Å². The van der Waals surface area contributed by atoms with Crippen LogP contribution in [0.25, 0.3) is 0 Å². The maximum atomic E-state index is 13.6. The lowest BCUT2D eigenvalue weighted by Gasteiger charge is -2.25. The van der Waals surface area contributed by atoms with Gasteiger partial charge in [-0.2, -0.15) is 0 Å². The summed E-state index contributed by atoms with van der Waals surface area (Å²) in [5.74, 6) is -1.24. The van der Waals surface area contributed by atoms with Gasteiger partial charge < -0.3 is 10.2 Å². The Kier molecular flexibility index (Phi) is 5.63. The molecule has 0 aliphatic rings. The molecule has 1 N–H and O–H groups in total. The van der Waals surface area contributed by atoms with Crippen LogP contribution in [0, 0.1) is 11.6 Å². The minimum absolute atomic E-state index is 0.129. The van der Waals surface area contributed by atoms with Gasteiger partial charge in [0, 0.05) is 19.2 Å². The number of carbonyl (C=O) groups is 1. The van der Waals surface area contributed by atoms with Gasteiger partial charge in [0.1, 0.15) is 11.6 Å².